The molecule has 0 bridgehead atoms. The molecule has 0 atom stereocenters. The summed E-state index contributed by atoms with van der Waals surface area (Å²) < 4.78 is 24.7. The molecule has 0 amide bonds. The Hall–Kier alpha value is -1.45. The van der Waals surface area contributed by atoms with Crippen molar-refractivity contribution >= 4 is 10.0 Å². The van der Waals surface area contributed by atoms with E-state index in [1.54, 1.807) is 4.98 Å². The highest BCUT2D eigenvalue weighted by Crippen LogP contribution is 1.96. The van der Waals surface area contributed by atoms with Gasteiger partial charge >= 0.3 is 5.69 Å². The second-order valence-corrected chi connectivity index (χ2v) is 4.29. The van der Waals surface area contributed by atoms with E-state index >= 15 is 0 Å². The Morgan fingerprint density at radius 3 is 2.60 bits per heavy atom. The van der Waals surface area contributed by atoms with Crippen LogP contribution in [0.15, 0.2) is 20.7 Å². The minimum atomic E-state index is -3.99. The average molecular weight is 235 g/mol. The molecule has 0 saturated carbocycles. The van der Waals surface area contributed by atoms with E-state index in [2.05, 4.69) is 0 Å². The number of aromatic nitrogens is 2. The standard InChI is InChI=1S/C6H9N3O5S/c10-2-1-8-15(13,14)4-3-7-6(12)9-5(4)11/h3,8,10H,1-2H2,(H2,7,9,11,12). The second kappa shape index (κ2) is 4.38. The van der Waals surface area contributed by atoms with Gasteiger partial charge in [0.15, 0.2) is 4.90 Å². The van der Waals surface area contributed by atoms with Gasteiger partial charge in [0, 0.05) is 12.7 Å². The molecule has 0 aliphatic heterocycles. The summed E-state index contributed by atoms with van der Waals surface area (Å²) in [7, 11) is -3.99. The number of nitrogens with one attached hydrogen (secondary N) is 3. The Balaban J connectivity index is 3.17. The zero-order valence-electron chi connectivity index (χ0n) is 7.48. The third-order valence-corrected chi connectivity index (χ3v) is 2.95. The van der Waals surface area contributed by atoms with E-state index in [1.807, 2.05) is 9.71 Å². The number of hydrogen-bond acceptors (Lipinski definition) is 5. The maximum absolute atomic E-state index is 11.4. The number of rotatable bonds is 4. The van der Waals surface area contributed by atoms with Crippen molar-refractivity contribution in [3.05, 3.63) is 27.0 Å². The molecule has 1 aromatic heterocycles. The molecule has 0 radical (unpaired) electrons. The van der Waals surface area contributed by atoms with Crippen LogP contribution in [0.1, 0.15) is 0 Å². The number of aromatic amines is 2. The van der Waals surface area contributed by atoms with Gasteiger partial charge in [-0.3, -0.25) is 9.78 Å². The summed E-state index contributed by atoms with van der Waals surface area (Å²) in [6, 6.07) is 0. The summed E-state index contributed by atoms with van der Waals surface area (Å²) in [5.74, 6) is 0. The van der Waals surface area contributed by atoms with Crippen LogP contribution in [0.2, 0.25) is 0 Å². The van der Waals surface area contributed by atoms with E-state index in [9.17, 15) is 18.0 Å². The van der Waals surface area contributed by atoms with Crippen molar-refractivity contribution in [1.29, 1.82) is 0 Å². The Labute approximate surface area is 84.0 Å². The molecule has 0 unspecified atom stereocenters. The lowest BCUT2D eigenvalue weighted by Gasteiger charge is -2.02. The minimum Gasteiger partial charge on any atom is -0.395 e. The molecule has 0 aromatic carbocycles. The lowest BCUT2D eigenvalue weighted by atomic mass is 10.7. The second-order valence-electron chi connectivity index (χ2n) is 2.56. The zero-order valence-corrected chi connectivity index (χ0v) is 8.30. The van der Waals surface area contributed by atoms with Crippen LogP contribution in [-0.4, -0.2) is 36.6 Å². The molecule has 0 aliphatic rings. The van der Waals surface area contributed by atoms with E-state index in [4.69, 9.17) is 5.11 Å². The third kappa shape index (κ3) is 2.75. The fourth-order valence-corrected chi connectivity index (χ4v) is 1.88. The SMILES string of the molecule is O=c1[nH]cc(S(=O)(=O)NCCO)c(=O)[nH]1. The molecule has 0 spiro atoms. The Kier molecular flexibility index (Phi) is 3.39. The van der Waals surface area contributed by atoms with Crippen LogP contribution in [0.4, 0.5) is 0 Å². The highest BCUT2D eigenvalue weighted by atomic mass is 32.2. The Morgan fingerprint density at radius 2 is 2.07 bits per heavy atom. The minimum absolute atomic E-state index is 0.207. The lowest BCUT2D eigenvalue weighted by molar-refractivity contribution is 0.301. The van der Waals surface area contributed by atoms with E-state index in [-0.39, 0.29) is 13.2 Å². The van der Waals surface area contributed by atoms with Gasteiger partial charge in [-0.05, 0) is 0 Å². The summed E-state index contributed by atoms with van der Waals surface area (Å²) in [6.07, 6.45) is 0.793. The molecule has 15 heavy (non-hydrogen) atoms. The van der Waals surface area contributed by atoms with Gasteiger partial charge in [0.25, 0.3) is 5.56 Å². The van der Waals surface area contributed by atoms with E-state index in [1.165, 1.54) is 0 Å². The van der Waals surface area contributed by atoms with Crippen molar-refractivity contribution in [2.45, 2.75) is 4.90 Å². The van der Waals surface area contributed by atoms with Crippen LogP contribution < -0.4 is 16.0 Å². The highest BCUT2D eigenvalue weighted by molar-refractivity contribution is 7.89. The number of H-pyrrole nitrogens is 2. The van der Waals surface area contributed by atoms with Gasteiger partial charge in [-0.1, -0.05) is 0 Å². The first-order valence-electron chi connectivity index (χ1n) is 3.90. The van der Waals surface area contributed by atoms with Crippen molar-refractivity contribution in [3.63, 3.8) is 0 Å². The average Bonchev–Trinajstić information content (AvgIpc) is 2.14. The van der Waals surface area contributed by atoms with Crippen LogP contribution in [0.25, 0.3) is 0 Å². The van der Waals surface area contributed by atoms with Crippen molar-refractivity contribution < 1.29 is 13.5 Å². The van der Waals surface area contributed by atoms with E-state index < -0.39 is 26.2 Å². The first-order chi connectivity index (χ1) is 6.97. The largest absolute Gasteiger partial charge is 0.395 e. The van der Waals surface area contributed by atoms with Gasteiger partial charge in [-0.15, -0.1) is 0 Å². The van der Waals surface area contributed by atoms with Crippen LogP contribution in [0.3, 0.4) is 0 Å². The first-order valence-corrected chi connectivity index (χ1v) is 5.38. The molecular formula is C6H9N3O5S. The first kappa shape index (κ1) is 11.6. The topological polar surface area (TPSA) is 132 Å². The molecule has 84 valence electrons. The van der Waals surface area contributed by atoms with Crippen molar-refractivity contribution in [3.8, 4) is 0 Å². The summed E-state index contributed by atoms with van der Waals surface area (Å²) >= 11 is 0. The van der Waals surface area contributed by atoms with Crippen LogP contribution in [-0.2, 0) is 10.0 Å². The fraction of sp³-hybridized carbons (Fsp3) is 0.333. The molecular weight excluding hydrogens is 226 g/mol. The van der Waals surface area contributed by atoms with Gasteiger partial charge in [0.2, 0.25) is 10.0 Å². The van der Waals surface area contributed by atoms with Gasteiger partial charge < -0.3 is 10.1 Å². The van der Waals surface area contributed by atoms with E-state index in [0.717, 1.165) is 6.20 Å². The number of hydrogen-bond donors (Lipinski definition) is 4. The number of aliphatic hydroxyl groups excluding tert-OH is 1. The maximum Gasteiger partial charge on any atom is 0.325 e. The normalized spacial score (nSPS) is 11.5. The van der Waals surface area contributed by atoms with Gasteiger partial charge in [0.1, 0.15) is 0 Å². The predicted molar refractivity (Wildman–Crippen MR) is 50.0 cm³/mol. The lowest BCUT2D eigenvalue weighted by Crippen LogP contribution is -2.34. The zero-order chi connectivity index (χ0) is 11.5. The van der Waals surface area contributed by atoms with Gasteiger partial charge in [0.05, 0.1) is 6.61 Å². The maximum atomic E-state index is 11.4. The molecule has 1 heterocycles. The van der Waals surface area contributed by atoms with Crippen LogP contribution in [0, 0.1) is 0 Å². The molecule has 8 nitrogen and oxygen atoms in total. The third-order valence-electron chi connectivity index (χ3n) is 1.48. The molecule has 1 aromatic rings. The smallest absolute Gasteiger partial charge is 0.325 e. The summed E-state index contributed by atoms with van der Waals surface area (Å²) in [5, 5.41) is 8.42. The molecule has 9 heteroatoms. The van der Waals surface area contributed by atoms with Gasteiger partial charge in [-0.2, -0.15) is 0 Å². The monoisotopic (exact) mass is 235 g/mol. The van der Waals surface area contributed by atoms with Crippen LogP contribution >= 0.6 is 0 Å². The predicted octanol–water partition coefficient (Wildman–Crippen LogP) is -2.67. The molecule has 0 aliphatic carbocycles. The van der Waals surface area contributed by atoms with E-state index in [0.29, 0.717) is 0 Å². The van der Waals surface area contributed by atoms with Crippen molar-refractivity contribution in [2.24, 2.45) is 0 Å². The molecule has 0 fully saturated rings. The molecule has 1 rings (SSSR count). The molecule has 0 saturated heterocycles. The van der Waals surface area contributed by atoms with Crippen LogP contribution in [0.5, 0.6) is 0 Å². The summed E-state index contributed by atoms with van der Waals surface area (Å²) in [6.45, 7) is -0.596. The Morgan fingerprint density at radius 1 is 1.40 bits per heavy atom. The summed E-state index contributed by atoms with van der Waals surface area (Å²) in [5.41, 5.74) is -1.80. The van der Waals surface area contributed by atoms with Crippen molar-refractivity contribution in [1.82, 2.24) is 14.7 Å². The molecule has 4 N–H and O–H groups in total. The van der Waals surface area contributed by atoms with Gasteiger partial charge in [-0.25, -0.2) is 17.9 Å². The quantitative estimate of drug-likeness (QED) is 0.452. The summed E-state index contributed by atoms with van der Waals surface area (Å²) in [4.78, 5) is 24.9. The van der Waals surface area contributed by atoms with Crippen molar-refractivity contribution in [2.75, 3.05) is 13.2 Å². The fourth-order valence-electron chi connectivity index (χ4n) is 0.855. The highest BCUT2D eigenvalue weighted by Gasteiger charge is 2.17. The number of aliphatic hydroxyl groups is 1. The number of sulfonamides is 1. The Bertz CT molecular complexity index is 542.